The summed E-state index contributed by atoms with van der Waals surface area (Å²) in [6, 6.07) is 0.348. The maximum absolute atomic E-state index is 11.5. The van der Waals surface area contributed by atoms with Crippen molar-refractivity contribution in [3.05, 3.63) is 0 Å². The van der Waals surface area contributed by atoms with Gasteiger partial charge in [-0.15, -0.1) is 0 Å². The third-order valence-corrected chi connectivity index (χ3v) is 2.45. The number of nitrogens with zero attached hydrogens (tertiary/aromatic N) is 2. The Hall–Kier alpha value is -0.610. The van der Waals surface area contributed by atoms with Gasteiger partial charge in [-0.1, -0.05) is 13.8 Å². The number of carbonyl (C=O) groups excluding carboxylic acids is 1. The molecule has 0 radical (unpaired) electrons. The van der Waals surface area contributed by atoms with Crippen molar-refractivity contribution in [3.8, 4) is 0 Å². The highest BCUT2D eigenvalue weighted by molar-refractivity contribution is 5.78. The lowest BCUT2D eigenvalue weighted by Crippen LogP contribution is -2.48. The fourth-order valence-electron chi connectivity index (χ4n) is 1.84. The lowest BCUT2D eigenvalue weighted by molar-refractivity contribution is -0.122. The van der Waals surface area contributed by atoms with Gasteiger partial charge in [0.05, 0.1) is 6.54 Å². The Morgan fingerprint density at radius 1 is 1.44 bits per heavy atom. The van der Waals surface area contributed by atoms with Crippen molar-refractivity contribution in [3.63, 3.8) is 0 Å². The Labute approximate surface area is 100.0 Å². The molecule has 16 heavy (non-hydrogen) atoms. The second-order valence-electron chi connectivity index (χ2n) is 4.41. The van der Waals surface area contributed by atoms with Crippen LogP contribution < -0.4 is 5.32 Å². The molecular weight excluding hydrogens is 202 g/mol. The van der Waals surface area contributed by atoms with E-state index in [2.05, 4.69) is 17.3 Å². The molecule has 1 aliphatic rings. The molecule has 0 aliphatic carbocycles. The van der Waals surface area contributed by atoms with Gasteiger partial charge in [0.15, 0.2) is 0 Å². The summed E-state index contributed by atoms with van der Waals surface area (Å²) >= 11 is 0. The SMILES string of the molecule is CC.CN(C)CC(=O)NC1CCCN(C)C1. The maximum Gasteiger partial charge on any atom is 0.234 e. The summed E-state index contributed by atoms with van der Waals surface area (Å²) in [5.41, 5.74) is 0. The largest absolute Gasteiger partial charge is 0.351 e. The molecule has 0 aromatic rings. The summed E-state index contributed by atoms with van der Waals surface area (Å²) < 4.78 is 0. The highest BCUT2D eigenvalue weighted by Gasteiger charge is 2.18. The first-order valence-electron chi connectivity index (χ1n) is 6.20. The van der Waals surface area contributed by atoms with Crippen LogP contribution in [0.2, 0.25) is 0 Å². The monoisotopic (exact) mass is 229 g/mol. The van der Waals surface area contributed by atoms with E-state index >= 15 is 0 Å². The van der Waals surface area contributed by atoms with Crippen LogP contribution in [0.1, 0.15) is 26.7 Å². The minimum Gasteiger partial charge on any atom is -0.351 e. The van der Waals surface area contributed by atoms with Crippen molar-refractivity contribution in [1.29, 1.82) is 0 Å². The minimum absolute atomic E-state index is 0.135. The molecule has 1 heterocycles. The Bertz CT molecular complexity index is 195. The van der Waals surface area contributed by atoms with E-state index in [1.54, 1.807) is 0 Å². The molecule has 1 unspecified atom stereocenters. The van der Waals surface area contributed by atoms with Gasteiger partial charge >= 0.3 is 0 Å². The Morgan fingerprint density at radius 3 is 2.56 bits per heavy atom. The van der Waals surface area contributed by atoms with E-state index in [1.807, 2.05) is 32.8 Å². The lowest BCUT2D eigenvalue weighted by Gasteiger charge is -2.30. The molecule has 1 N–H and O–H groups in total. The normalized spacial score (nSPS) is 21.2. The van der Waals surface area contributed by atoms with Gasteiger partial charge in [0, 0.05) is 12.6 Å². The van der Waals surface area contributed by atoms with Crippen LogP contribution in [0.25, 0.3) is 0 Å². The van der Waals surface area contributed by atoms with E-state index < -0.39 is 0 Å². The van der Waals surface area contributed by atoms with Gasteiger partial charge in [0.25, 0.3) is 0 Å². The molecule has 1 rings (SSSR count). The Morgan fingerprint density at radius 2 is 2.06 bits per heavy atom. The molecule has 1 saturated heterocycles. The van der Waals surface area contributed by atoms with Crippen LogP contribution >= 0.6 is 0 Å². The molecule has 0 spiro atoms. The molecule has 4 heteroatoms. The van der Waals surface area contributed by atoms with Crippen LogP contribution in [-0.2, 0) is 4.79 Å². The second-order valence-corrected chi connectivity index (χ2v) is 4.41. The predicted molar refractivity (Wildman–Crippen MR) is 68.6 cm³/mol. The quantitative estimate of drug-likeness (QED) is 0.777. The number of hydrogen-bond acceptors (Lipinski definition) is 3. The van der Waals surface area contributed by atoms with Crippen LogP contribution in [0.3, 0.4) is 0 Å². The third kappa shape index (κ3) is 6.80. The van der Waals surface area contributed by atoms with Crippen LogP contribution in [0.4, 0.5) is 0 Å². The summed E-state index contributed by atoms with van der Waals surface area (Å²) in [5, 5.41) is 3.06. The van der Waals surface area contributed by atoms with Crippen LogP contribution in [0.15, 0.2) is 0 Å². The molecule has 96 valence electrons. The first-order valence-corrected chi connectivity index (χ1v) is 6.20. The number of likely N-dealkylation sites (N-methyl/N-ethyl adjacent to an activating group) is 2. The number of carbonyl (C=O) groups is 1. The van der Waals surface area contributed by atoms with Crippen LogP contribution in [0, 0.1) is 0 Å². The molecule has 0 bridgehead atoms. The number of likely N-dealkylation sites (tertiary alicyclic amines) is 1. The van der Waals surface area contributed by atoms with Gasteiger partial charge in [-0.2, -0.15) is 0 Å². The highest BCUT2D eigenvalue weighted by atomic mass is 16.2. The first-order chi connectivity index (χ1) is 7.58. The van der Waals surface area contributed by atoms with Crippen molar-refractivity contribution >= 4 is 5.91 Å². The van der Waals surface area contributed by atoms with Gasteiger partial charge in [-0.25, -0.2) is 0 Å². The molecule has 1 fully saturated rings. The molecular formula is C12H27N3O. The molecule has 0 aromatic heterocycles. The first kappa shape index (κ1) is 15.4. The van der Waals surface area contributed by atoms with E-state index in [4.69, 9.17) is 0 Å². The number of piperidine rings is 1. The maximum atomic E-state index is 11.5. The number of hydrogen-bond donors (Lipinski definition) is 1. The summed E-state index contributed by atoms with van der Waals surface area (Å²) in [4.78, 5) is 15.6. The number of amides is 1. The summed E-state index contributed by atoms with van der Waals surface area (Å²) in [5.74, 6) is 0.135. The Kier molecular flexibility index (Phi) is 8.21. The topological polar surface area (TPSA) is 35.6 Å². The van der Waals surface area contributed by atoms with E-state index in [1.165, 1.54) is 6.42 Å². The third-order valence-electron chi connectivity index (χ3n) is 2.45. The zero-order valence-electron chi connectivity index (χ0n) is 11.4. The molecule has 1 atom stereocenters. The highest BCUT2D eigenvalue weighted by Crippen LogP contribution is 2.07. The standard InChI is InChI=1S/C10H21N3O.C2H6/c1-12(2)8-10(14)11-9-5-4-6-13(3)7-9;1-2/h9H,4-8H2,1-3H3,(H,11,14);1-2H3. The zero-order chi connectivity index (χ0) is 12.6. The van der Waals surface area contributed by atoms with E-state index in [0.717, 1.165) is 19.5 Å². The average Bonchev–Trinajstić information content (AvgIpc) is 2.19. The summed E-state index contributed by atoms with van der Waals surface area (Å²) in [6.45, 7) is 6.62. The number of rotatable bonds is 3. The van der Waals surface area contributed by atoms with Gasteiger partial charge in [-0.3, -0.25) is 4.79 Å². The van der Waals surface area contributed by atoms with E-state index in [-0.39, 0.29) is 5.91 Å². The molecule has 0 saturated carbocycles. The van der Waals surface area contributed by atoms with Crippen molar-refractivity contribution in [2.24, 2.45) is 0 Å². The smallest absolute Gasteiger partial charge is 0.234 e. The molecule has 1 amide bonds. The molecule has 0 aromatic carbocycles. The van der Waals surface area contributed by atoms with Crippen LogP contribution in [-0.4, -0.2) is 62.5 Å². The minimum atomic E-state index is 0.135. The average molecular weight is 229 g/mol. The Balaban J connectivity index is 0.00000106. The van der Waals surface area contributed by atoms with Crippen molar-refractivity contribution in [2.45, 2.75) is 32.7 Å². The van der Waals surface area contributed by atoms with Crippen molar-refractivity contribution < 1.29 is 4.79 Å². The van der Waals surface area contributed by atoms with Gasteiger partial charge in [-0.05, 0) is 40.5 Å². The molecule has 1 aliphatic heterocycles. The van der Waals surface area contributed by atoms with Crippen molar-refractivity contribution in [2.75, 3.05) is 40.8 Å². The van der Waals surface area contributed by atoms with E-state index in [9.17, 15) is 4.79 Å². The zero-order valence-corrected chi connectivity index (χ0v) is 11.4. The second kappa shape index (κ2) is 8.53. The summed E-state index contributed by atoms with van der Waals surface area (Å²) in [7, 11) is 5.92. The van der Waals surface area contributed by atoms with Crippen molar-refractivity contribution in [1.82, 2.24) is 15.1 Å². The van der Waals surface area contributed by atoms with E-state index in [0.29, 0.717) is 12.6 Å². The lowest BCUT2D eigenvalue weighted by atomic mass is 10.1. The fourth-order valence-corrected chi connectivity index (χ4v) is 1.84. The molecule has 4 nitrogen and oxygen atoms in total. The van der Waals surface area contributed by atoms with Gasteiger partial charge < -0.3 is 15.1 Å². The van der Waals surface area contributed by atoms with Crippen LogP contribution in [0.5, 0.6) is 0 Å². The van der Waals surface area contributed by atoms with Gasteiger partial charge in [0.1, 0.15) is 0 Å². The predicted octanol–water partition coefficient (Wildman–Crippen LogP) is 0.785. The number of nitrogens with one attached hydrogen (secondary N) is 1. The summed E-state index contributed by atoms with van der Waals surface area (Å²) in [6.07, 6.45) is 2.30. The fraction of sp³-hybridized carbons (Fsp3) is 0.917. The van der Waals surface area contributed by atoms with Gasteiger partial charge in [0.2, 0.25) is 5.91 Å².